The summed E-state index contributed by atoms with van der Waals surface area (Å²) in [5.41, 5.74) is 0.596. The van der Waals surface area contributed by atoms with Gasteiger partial charge in [-0.05, 0) is 19.1 Å². The fraction of sp³-hybridized carbons (Fsp3) is 0.533. The zero-order valence-electron chi connectivity index (χ0n) is 13.1. The molecule has 0 atom stereocenters. The molecule has 23 heavy (non-hydrogen) atoms. The van der Waals surface area contributed by atoms with Gasteiger partial charge in [-0.25, -0.2) is 4.79 Å². The molecule has 0 radical (unpaired) electrons. The van der Waals surface area contributed by atoms with Crippen LogP contribution < -0.4 is 4.90 Å². The molecule has 1 aliphatic rings. The number of nitro groups is 1. The topological polar surface area (TPSA) is 96.2 Å². The van der Waals surface area contributed by atoms with Crippen molar-refractivity contribution < 1.29 is 19.6 Å². The van der Waals surface area contributed by atoms with Gasteiger partial charge in [-0.2, -0.15) is 0 Å². The number of aliphatic hydroxyl groups is 1. The van der Waals surface area contributed by atoms with E-state index in [1.807, 2.05) is 4.90 Å². The average Bonchev–Trinajstić information content (AvgIpc) is 2.55. The van der Waals surface area contributed by atoms with Crippen molar-refractivity contribution in [2.24, 2.45) is 0 Å². The smallest absolute Gasteiger partial charge is 0.338 e. The molecule has 0 aliphatic carbocycles. The van der Waals surface area contributed by atoms with Crippen LogP contribution in [0.1, 0.15) is 17.3 Å². The third-order valence-electron chi connectivity index (χ3n) is 3.81. The van der Waals surface area contributed by atoms with Gasteiger partial charge in [0, 0.05) is 38.8 Å². The fourth-order valence-corrected chi connectivity index (χ4v) is 2.63. The number of nitrogens with zero attached hydrogens (tertiary/aromatic N) is 3. The standard InChI is InChI=1S/C15H21N3O5/c1-2-23-15(20)12-3-4-13(14(11-12)18(21)22)17-7-5-16(6-8-17)9-10-19/h3-4,11,19H,2,5-10H2,1H3. The van der Waals surface area contributed by atoms with E-state index in [1.165, 1.54) is 6.07 Å². The van der Waals surface area contributed by atoms with E-state index < -0.39 is 10.9 Å². The molecule has 126 valence electrons. The van der Waals surface area contributed by atoms with Crippen LogP contribution in [0, 0.1) is 10.1 Å². The fourth-order valence-electron chi connectivity index (χ4n) is 2.63. The van der Waals surface area contributed by atoms with Gasteiger partial charge in [0.2, 0.25) is 0 Å². The molecule has 0 aromatic heterocycles. The molecule has 2 rings (SSSR count). The van der Waals surface area contributed by atoms with E-state index in [-0.39, 0.29) is 24.5 Å². The molecule has 1 aromatic rings. The van der Waals surface area contributed by atoms with Crippen molar-refractivity contribution in [3.63, 3.8) is 0 Å². The van der Waals surface area contributed by atoms with Crippen molar-refractivity contribution in [3.05, 3.63) is 33.9 Å². The Hall–Kier alpha value is -2.19. The molecule has 1 N–H and O–H groups in total. The van der Waals surface area contributed by atoms with Gasteiger partial charge in [0.1, 0.15) is 5.69 Å². The first-order valence-electron chi connectivity index (χ1n) is 7.60. The summed E-state index contributed by atoms with van der Waals surface area (Å²) in [5.74, 6) is -0.560. The van der Waals surface area contributed by atoms with E-state index in [2.05, 4.69) is 4.90 Å². The Morgan fingerprint density at radius 3 is 2.61 bits per heavy atom. The number of ether oxygens (including phenoxy) is 1. The van der Waals surface area contributed by atoms with Gasteiger partial charge in [-0.1, -0.05) is 0 Å². The van der Waals surface area contributed by atoms with E-state index in [9.17, 15) is 14.9 Å². The molecule has 1 fully saturated rings. The Morgan fingerprint density at radius 1 is 1.35 bits per heavy atom. The minimum absolute atomic E-state index is 0.0915. The van der Waals surface area contributed by atoms with E-state index >= 15 is 0 Å². The van der Waals surface area contributed by atoms with Crippen molar-refractivity contribution in [2.75, 3.05) is 50.8 Å². The van der Waals surface area contributed by atoms with Crippen LogP contribution in [0.5, 0.6) is 0 Å². The van der Waals surface area contributed by atoms with Crippen LogP contribution in [-0.2, 0) is 4.74 Å². The summed E-state index contributed by atoms with van der Waals surface area (Å²) in [6, 6.07) is 4.43. The second-order valence-electron chi connectivity index (χ2n) is 5.23. The molecular weight excluding hydrogens is 302 g/mol. The van der Waals surface area contributed by atoms with Gasteiger partial charge >= 0.3 is 5.97 Å². The van der Waals surface area contributed by atoms with Crippen molar-refractivity contribution >= 4 is 17.3 Å². The van der Waals surface area contributed by atoms with Gasteiger partial charge in [-0.3, -0.25) is 15.0 Å². The summed E-state index contributed by atoms with van der Waals surface area (Å²) < 4.78 is 4.88. The Balaban J connectivity index is 2.19. The number of nitro benzene ring substituents is 1. The van der Waals surface area contributed by atoms with Gasteiger partial charge in [0.15, 0.2) is 0 Å². The predicted molar refractivity (Wildman–Crippen MR) is 84.8 cm³/mol. The predicted octanol–water partition coefficient (Wildman–Crippen LogP) is 0.886. The highest BCUT2D eigenvalue weighted by molar-refractivity contribution is 5.91. The van der Waals surface area contributed by atoms with Gasteiger partial charge < -0.3 is 14.7 Å². The maximum atomic E-state index is 11.7. The number of carbonyl (C=O) groups excluding carboxylic acids is 1. The molecule has 1 aliphatic heterocycles. The molecule has 8 heteroatoms. The highest BCUT2D eigenvalue weighted by Gasteiger charge is 2.25. The van der Waals surface area contributed by atoms with Crippen LogP contribution in [0.15, 0.2) is 18.2 Å². The van der Waals surface area contributed by atoms with E-state index in [4.69, 9.17) is 9.84 Å². The molecule has 8 nitrogen and oxygen atoms in total. The minimum Gasteiger partial charge on any atom is -0.462 e. The summed E-state index contributed by atoms with van der Waals surface area (Å²) in [7, 11) is 0. The highest BCUT2D eigenvalue weighted by Crippen LogP contribution is 2.30. The molecular formula is C15H21N3O5. The van der Waals surface area contributed by atoms with Gasteiger partial charge in [-0.15, -0.1) is 0 Å². The number of hydrogen-bond donors (Lipinski definition) is 1. The first-order valence-corrected chi connectivity index (χ1v) is 7.60. The monoisotopic (exact) mass is 323 g/mol. The second-order valence-corrected chi connectivity index (χ2v) is 5.23. The van der Waals surface area contributed by atoms with Crippen LogP contribution >= 0.6 is 0 Å². The van der Waals surface area contributed by atoms with E-state index in [0.717, 1.165) is 13.1 Å². The normalized spacial score (nSPS) is 15.5. The Kier molecular flexibility index (Phi) is 5.89. The maximum Gasteiger partial charge on any atom is 0.338 e. The molecule has 0 bridgehead atoms. The van der Waals surface area contributed by atoms with Crippen molar-refractivity contribution in [1.29, 1.82) is 0 Å². The van der Waals surface area contributed by atoms with Crippen molar-refractivity contribution in [2.45, 2.75) is 6.92 Å². The third-order valence-corrected chi connectivity index (χ3v) is 3.81. The van der Waals surface area contributed by atoms with Gasteiger partial charge in [0.25, 0.3) is 5.69 Å². The van der Waals surface area contributed by atoms with E-state index in [0.29, 0.717) is 25.3 Å². The van der Waals surface area contributed by atoms with Crippen molar-refractivity contribution in [1.82, 2.24) is 4.90 Å². The number of β-amino-alcohol motifs (C(OH)–C–C–N with tert-alkyl or cyclic N) is 1. The van der Waals surface area contributed by atoms with E-state index in [1.54, 1.807) is 19.1 Å². The number of rotatable bonds is 6. The molecule has 0 spiro atoms. The van der Waals surface area contributed by atoms with Crippen LogP contribution in [0.4, 0.5) is 11.4 Å². The summed E-state index contributed by atoms with van der Waals surface area (Å²) in [5, 5.41) is 20.3. The summed E-state index contributed by atoms with van der Waals surface area (Å²) >= 11 is 0. The quantitative estimate of drug-likeness (QED) is 0.472. The molecule has 0 amide bonds. The summed E-state index contributed by atoms with van der Waals surface area (Å²) in [6.45, 7) is 5.37. The molecule has 0 saturated carbocycles. The zero-order valence-corrected chi connectivity index (χ0v) is 13.1. The maximum absolute atomic E-state index is 11.7. The van der Waals surface area contributed by atoms with Crippen molar-refractivity contribution in [3.8, 4) is 0 Å². The molecule has 1 heterocycles. The lowest BCUT2D eigenvalue weighted by molar-refractivity contribution is -0.384. The summed E-state index contributed by atoms with van der Waals surface area (Å²) in [6.07, 6.45) is 0. The SMILES string of the molecule is CCOC(=O)c1ccc(N2CCN(CCO)CC2)c([N+](=O)[O-])c1. The van der Waals surface area contributed by atoms with Crippen LogP contribution in [0.3, 0.4) is 0 Å². The lowest BCUT2D eigenvalue weighted by Gasteiger charge is -2.35. The number of piperazine rings is 1. The number of esters is 1. The zero-order chi connectivity index (χ0) is 16.8. The number of aliphatic hydroxyl groups excluding tert-OH is 1. The first kappa shape index (κ1) is 17.2. The Bertz CT molecular complexity index is 570. The van der Waals surface area contributed by atoms with Crippen LogP contribution in [-0.4, -0.2) is 66.8 Å². The lowest BCUT2D eigenvalue weighted by Crippen LogP contribution is -2.47. The molecule has 1 aromatic carbocycles. The number of benzene rings is 1. The Morgan fingerprint density at radius 2 is 2.04 bits per heavy atom. The number of carbonyl (C=O) groups is 1. The number of anilines is 1. The minimum atomic E-state index is -0.560. The average molecular weight is 323 g/mol. The molecule has 1 saturated heterocycles. The van der Waals surface area contributed by atoms with Crippen LogP contribution in [0.25, 0.3) is 0 Å². The van der Waals surface area contributed by atoms with Crippen LogP contribution in [0.2, 0.25) is 0 Å². The largest absolute Gasteiger partial charge is 0.462 e. The van der Waals surface area contributed by atoms with Gasteiger partial charge in [0.05, 0.1) is 23.7 Å². The molecule has 0 unspecified atom stereocenters. The summed E-state index contributed by atoms with van der Waals surface area (Å²) in [4.78, 5) is 26.6. The first-order chi connectivity index (χ1) is 11.1. The Labute approximate surface area is 134 Å². The lowest BCUT2D eigenvalue weighted by atomic mass is 10.1. The second kappa shape index (κ2) is 7.89. The number of hydrogen-bond acceptors (Lipinski definition) is 7. The third kappa shape index (κ3) is 4.17. The highest BCUT2D eigenvalue weighted by atomic mass is 16.6.